The second kappa shape index (κ2) is 6.77. The van der Waals surface area contributed by atoms with Crippen LogP contribution in [0.3, 0.4) is 0 Å². The molecule has 0 fully saturated rings. The minimum atomic E-state index is -3.51. The molecule has 0 saturated heterocycles. The van der Waals surface area contributed by atoms with Crippen molar-refractivity contribution in [1.29, 1.82) is 0 Å². The Bertz CT molecular complexity index is 577. The van der Waals surface area contributed by atoms with E-state index in [0.717, 1.165) is 0 Å². The van der Waals surface area contributed by atoms with Crippen molar-refractivity contribution in [1.82, 2.24) is 4.31 Å². The first-order chi connectivity index (χ1) is 9.61. The van der Waals surface area contributed by atoms with Gasteiger partial charge in [0.1, 0.15) is 5.75 Å². The van der Waals surface area contributed by atoms with E-state index in [-0.39, 0.29) is 16.9 Å². The van der Waals surface area contributed by atoms with Crippen LogP contribution in [0, 0.1) is 5.41 Å². The lowest BCUT2D eigenvalue weighted by molar-refractivity contribution is 0.310. The summed E-state index contributed by atoms with van der Waals surface area (Å²) in [6.45, 7) is 9.08. The molecule has 5 nitrogen and oxygen atoms in total. The van der Waals surface area contributed by atoms with Crippen LogP contribution in [-0.2, 0) is 16.6 Å². The Kier molecular flexibility index (Phi) is 5.78. The summed E-state index contributed by atoms with van der Waals surface area (Å²) < 4.78 is 32.0. The maximum atomic E-state index is 12.6. The van der Waals surface area contributed by atoms with Gasteiger partial charge in [-0.1, -0.05) is 20.8 Å². The molecule has 21 heavy (non-hydrogen) atoms. The second-order valence-electron chi connectivity index (χ2n) is 6.23. The summed E-state index contributed by atoms with van der Waals surface area (Å²) in [5.41, 5.74) is 6.27. The molecule has 1 aromatic rings. The molecule has 120 valence electrons. The first-order valence-electron chi connectivity index (χ1n) is 7.04. The molecule has 0 heterocycles. The monoisotopic (exact) mass is 314 g/mol. The molecule has 0 saturated carbocycles. The molecule has 1 aromatic carbocycles. The Morgan fingerprint density at radius 3 is 2.38 bits per heavy atom. The van der Waals surface area contributed by atoms with E-state index >= 15 is 0 Å². The molecule has 0 aromatic heterocycles. The summed E-state index contributed by atoms with van der Waals surface area (Å²) in [6.07, 6.45) is 0. The minimum absolute atomic E-state index is 0.107. The van der Waals surface area contributed by atoms with Gasteiger partial charge >= 0.3 is 0 Å². The molecule has 0 aliphatic heterocycles. The molecular formula is C15H26N2O3S. The maximum absolute atomic E-state index is 12.6. The number of hydrogen-bond acceptors (Lipinski definition) is 4. The number of nitrogens with zero attached hydrogens (tertiary/aromatic N) is 1. The largest absolute Gasteiger partial charge is 0.494 e. The smallest absolute Gasteiger partial charge is 0.242 e. The molecular weight excluding hydrogens is 288 g/mol. The van der Waals surface area contributed by atoms with Crippen molar-refractivity contribution in [2.45, 2.75) is 39.1 Å². The number of nitrogens with two attached hydrogens (primary N) is 1. The van der Waals surface area contributed by atoms with Crippen LogP contribution in [0.4, 0.5) is 0 Å². The third kappa shape index (κ3) is 4.69. The van der Waals surface area contributed by atoms with Gasteiger partial charge in [-0.2, -0.15) is 0 Å². The zero-order chi connectivity index (χ0) is 16.3. The Morgan fingerprint density at radius 1 is 1.29 bits per heavy atom. The van der Waals surface area contributed by atoms with E-state index in [4.69, 9.17) is 10.5 Å². The van der Waals surface area contributed by atoms with Gasteiger partial charge in [-0.3, -0.25) is 0 Å². The fraction of sp³-hybridized carbons (Fsp3) is 0.600. The predicted octanol–water partition coefficient (Wildman–Crippen LogP) is 2.21. The number of sulfonamides is 1. The number of benzene rings is 1. The molecule has 0 amide bonds. The number of rotatable bonds is 6. The molecule has 0 radical (unpaired) electrons. The van der Waals surface area contributed by atoms with Gasteiger partial charge in [0.15, 0.2) is 0 Å². The third-order valence-corrected chi connectivity index (χ3v) is 4.76. The van der Waals surface area contributed by atoms with Gasteiger partial charge in [0, 0.05) is 25.7 Å². The van der Waals surface area contributed by atoms with E-state index < -0.39 is 10.0 Å². The first kappa shape index (κ1) is 17.9. The fourth-order valence-corrected chi connectivity index (χ4v) is 3.55. The lowest BCUT2D eigenvalue weighted by Gasteiger charge is -2.26. The zero-order valence-corrected chi connectivity index (χ0v) is 14.3. The van der Waals surface area contributed by atoms with Crippen molar-refractivity contribution in [3.8, 4) is 5.75 Å². The molecule has 2 N–H and O–H groups in total. The van der Waals surface area contributed by atoms with Crippen LogP contribution in [0.5, 0.6) is 5.75 Å². The van der Waals surface area contributed by atoms with Gasteiger partial charge in [0.2, 0.25) is 10.0 Å². The Labute approximate surface area is 128 Å². The maximum Gasteiger partial charge on any atom is 0.242 e. The summed E-state index contributed by atoms with van der Waals surface area (Å²) in [4.78, 5) is 0.248. The molecule has 0 unspecified atom stereocenters. The van der Waals surface area contributed by atoms with Crippen LogP contribution in [0.2, 0.25) is 0 Å². The summed E-state index contributed by atoms with van der Waals surface area (Å²) in [6, 6.07) is 4.83. The van der Waals surface area contributed by atoms with Gasteiger partial charge in [-0.05, 0) is 30.5 Å². The van der Waals surface area contributed by atoms with E-state index in [1.165, 1.54) is 4.31 Å². The lowest BCUT2D eigenvalue weighted by Crippen LogP contribution is -2.34. The number of ether oxygens (including phenoxy) is 1. The van der Waals surface area contributed by atoms with Crippen LogP contribution < -0.4 is 10.5 Å². The van der Waals surface area contributed by atoms with Crippen LogP contribution >= 0.6 is 0 Å². The van der Waals surface area contributed by atoms with Crippen molar-refractivity contribution in [2.24, 2.45) is 11.1 Å². The highest BCUT2D eigenvalue weighted by Crippen LogP contribution is 2.25. The molecule has 1 rings (SSSR count). The normalized spacial score (nSPS) is 12.7. The van der Waals surface area contributed by atoms with E-state index in [1.54, 1.807) is 25.2 Å². The summed E-state index contributed by atoms with van der Waals surface area (Å²) >= 11 is 0. The highest BCUT2D eigenvalue weighted by Gasteiger charge is 2.25. The van der Waals surface area contributed by atoms with Gasteiger partial charge in [-0.15, -0.1) is 0 Å². The van der Waals surface area contributed by atoms with E-state index in [2.05, 4.69) is 0 Å². The molecule has 6 heteroatoms. The van der Waals surface area contributed by atoms with Crippen LogP contribution in [0.1, 0.15) is 33.3 Å². The zero-order valence-electron chi connectivity index (χ0n) is 13.5. The Morgan fingerprint density at radius 2 is 1.90 bits per heavy atom. The van der Waals surface area contributed by atoms with Crippen molar-refractivity contribution >= 4 is 10.0 Å². The summed E-state index contributed by atoms with van der Waals surface area (Å²) in [7, 11) is -1.92. The second-order valence-corrected chi connectivity index (χ2v) is 8.27. The quantitative estimate of drug-likeness (QED) is 0.874. The topological polar surface area (TPSA) is 72.6 Å². The summed E-state index contributed by atoms with van der Waals surface area (Å²) in [5, 5.41) is 0. The van der Waals surface area contributed by atoms with Gasteiger partial charge in [0.05, 0.1) is 11.5 Å². The number of hydrogen-bond donors (Lipinski definition) is 1. The molecule has 0 bridgehead atoms. The van der Waals surface area contributed by atoms with E-state index in [1.807, 2.05) is 27.7 Å². The van der Waals surface area contributed by atoms with Crippen molar-refractivity contribution in [3.05, 3.63) is 23.8 Å². The minimum Gasteiger partial charge on any atom is -0.494 e. The SMILES string of the molecule is CCOc1ccc(S(=O)(=O)N(C)CC(C)(C)C)cc1CN. The Balaban J connectivity index is 3.14. The summed E-state index contributed by atoms with van der Waals surface area (Å²) in [5.74, 6) is 0.637. The van der Waals surface area contributed by atoms with Crippen LogP contribution in [-0.4, -0.2) is 32.9 Å². The first-order valence-corrected chi connectivity index (χ1v) is 8.48. The molecule has 0 aliphatic carbocycles. The van der Waals surface area contributed by atoms with E-state index in [0.29, 0.717) is 24.5 Å². The van der Waals surface area contributed by atoms with Crippen LogP contribution in [0.15, 0.2) is 23.1 Å². The average Bonchev–Trinajstić information content (AvgIpc) is 2.37. The van der Waals surface area contributed by atoms with Gasteiger partial charge in [0.25, 0.3) is 0 Å². The van der Waals surface area contributed by atoms with Crippen LogP contribution in [0.25, 0.3) is 0 Å². The molecule has 0 atom stereocenters. The van der Waals surface area contributed by atoms with Gasteiger partial charge in [-0.25, -0.2) is 12.7 Å². The van der Waals surface area contributed by atoms with Gasteiger partial charge < -0.3 is 10.5 Å². The Hall–Kier alpha value is -1.11. The van der Waals surface area contributed by atoms with Crippen molar-refractivity contribution in [2.75, 3.05) is 20.2 Å². The average molecular weight is 314 g/mol. The third-order valence-electron chi connectivity index (χ3n) is 2.96. The molecule has 0 aliphatic rings. The van der Waals surface area contributed by atoms with Crippen molar-refractivity contribution in [3.63, 3.8) is 0 Å². The molecule has 0 spiro atoms. The van der Waals surface area contributed by atoms with Crippen molar-refractivity contribution < 1.29 is 13.2 Å². The lowest BCUT2D eigenvalue weighted by atomic mass is 9.97. The fourth-order valence-electron chi connectivity index (χ4n) is 2.11. The highest BCUT2D eigenvalue weighted by atomic mass is 32.2. The highest BCUT2D eigenvalue weighted by molar-refractivity contribution is 7.89. The standard InChI is InChI=1S/C15H26N2O3S/c1-6-20-14-8-7-13(9-12(14)10-16)21(18,19)17(5)11-15(2,3)4/h7-9H,6,10-11,16H2,1-5H3. The predicted molar refractivity (Wildman–Crippen MR) is 84.8 cm³/mol. The van der Waals surface area contributed by atoms with E-state index in [9.17, 15) is 8.42 Å².